The first-order valence-electron chi connectivity index (χ1n) is 26.3. The second-order valence-corrected chi connectivity index (χ2v) is 19.6. The molecule has 8 nitrogen and oxygen atoms in total. The number of quaternary nitrogens is 1. The van der Waals surface area contributed by atoms with Crippen molar-refractivity contribution in [3.63, 3.8) is 0 Å². The molecule has 388 valence electrons. The monoisotopic (exact) mass is 973 g/mol. The van der Waals surface area contributed by atoms with Gasteiger partial charge in [0.1, 0.15) is 13.2 Å². The Bertz CT molecular complexity index is 1670. The van der Waals surface area contributed by atoms with Gasteiger partial charge in [-0.3, -0.25) is 9.36 Å². The lowest BCUT2D eigenvalue weighted by Crippen LogP contribution is -2.45. The van der Waals surface area contributed by atoms with E-state index in [4.69, 9.17) is 9.05 Å². The molecule has 0 saturated carbocycles. The highest BCUT2D eigenvalue weighted by atomic mass is 31.2. The van der Waals surface area contributed by atoms with Crippen LogP contribution in [0, 0.1) is 0 Å². The molecule has 0 heterocycles. The van der Waals surface area contributed by atoms with Gasteiger partial charge in [0, 0.05) is 6.42 Å². The number of hydrogen-bond acceptors (Lipinski definition) is 6. The summed E-state index contributed by atoms with van der Waals surface area (Å²) in [7, 11) is 1.21. The van der Waals surface area contributed by atoms with Crippen molar-refractivity contribution in [1.82, 2.24) is 5.32 Å². The molecule has 0 aromatic carbocycles. The number of hydrogen-bond donors (Lipinski definition) is 2. The predicted molar refractivity (Wildman–Crippen MR) is 297 cm³/mol. The molecule has 0 aliphatic carbocycles. The number of nitrogens with one attached hydrogen (secondary N) is 1. The quantitative estimate of drug-likeness (QED) is 0.0272. The molecule has 0 aromatic rings. The predicted octanol–water partition coefficient (Wildman–Crippen LogP) is 15.3. The molecule has 3 unspecified atom stereocenters. The fraction of sp³-hybridized carbons (Fsp3) is 0.550. The summed E-state index contributed by atoms with van der Waals surface area (Å²) in [5.41, 5.74) is 0. The third kappa shape index (κ3) is 51.8. The minimum absolute atomic E-state index is 0.0158. The first-order chi connectivity index (χ1) is 33.5. The van der Waals surface area contributed by atoms with Crippen molar-refractivity contribution in [2.45, 2.75) is 174 Å². The first-order valence-corrected chi connectivity index (χ1v) is 27.8. The van der Waals surface area contributed by atoms with Gasteiger partial charge in [-0.2, -0.15) is 0 Å². The van der Waals surface area contributed by atoms with Crippen LogP contribution in [-0.4, -0.2) is 68.5 Å². The number of unbranched alkanes of at least 4 members (excludes halogenated alkanes) is 8. The Morgan fingerprint density at radius 3 is 1.28 bits per heavy atom. The number of aliphatic hydroxyl groups is 1. The van der Waals surface area contributed by atoms with E-state index in [1.807, 2.05) is 27.2 Å². The van der Waals surface area contributed by atoms with Gasteiger partial charge in [0.15, 0.2) is 0 Å². The van der Waals surface area contributed by atoms with E-state index < -0.39 is 26.6 Å². The van der Waals surface area contributed by atoms with E-state index in [9.17, 15) is 19.4 Å². The Morgan fingerprint density at radius 2 is 0.884 bits per heavy atom. The molecule has 2 N–H and O–H groups in total. The summed E-state index contributed by atoms with van der Waals surface area (Å²) in [6.07, 6.45) is 77.9. The van der Waals surface area contributed by atoms with Crippen LogP contribution in [0.25, 0.3) is 0 Å². The summed E-state index contributed by atoms with van der Waals surface area (Å²) in [5.74, 6) is -0.236. The Labute approximate surface area is 422 Å². The molecule has 0 bridgehead atoms. The van der Waals surface area contributed by atoms with Crippen molar-refractivity contribution in [2.24, 2.45) is 0 Å². The lowest BCUT2D eigenvalue weighted by molar-refractivity contribution is -0.870. The maximum absolute atomic E-state index is 12.8. The van der Waals surface area contributed by atoms with Gasteiger partial charge < -0.3 is 28.8 Å². The van der Waals surface area contributed by atoms with Crippen molar-refractivity contribution < 1.29 is 32.9 Å². The Morgan fingerprint density at radius 1 is 0.522 bits per heavy atom. The number of phosphoric acid groups is 1. The lowest BCUT2D eigenvalue weighted by Gasteiger charge is -2.29. The van der Waals surface area contributed by atoms with Crippen LogP contribution in [0.3, 0.4) is 0 Å². The van der Waals surface area contributed by atoms with Gasteiger partial charge in [-0.1, -0.05) is 204 Å². The third-order valence-corrected chi connectivity index (χ3v) is 11.5. The van der Waals surface area contributed by atoms with Gasteiger partial charge in [0.05, 0.1) is 39.9 Å². The van der Waals surface area contributed by atoms with Gasteiger partial charge >= 0.3 is 0 Å². The van der Waals surface area contributed by atoms with E-state index in [-0.39, 0.29) is 12.5 Å². The normalized spacial score (nSPS) is 15.3. The topological polar surface area (TPSA) is 108 Å². The molecule has 0 radical (unpaired) electrons. The zero-order valence-corrected chi connectivity index (χ0v) is 44.8. The summed E-state index contributed by atoms with van der Waals surface area (Å²) < 4.78 is 23.0. The number of aliphatic hydroxyl groups excluding tert-OH is 1. The fourth-order valence-corrected chi connectivity index (χ4v) is 7.09. The Balaban J connectivity index is 4.07. The van der Waals surface area contributed by atoms with Gasteiger partial charge in [-0.05, 0) is 109 Å². The molecular weight excluding hydrogens is 876 g/mol. The number of nitrogens with zero attached hydrogens (tertiary/aromatic N) is 1. The SMILES string of the molecule is CC/C=C\C/C=C\C/C=C\C/C=C\C/C=C\C/C=C\C/C=C\C/C=C\C/C=C\C/C=C\C/C=C\C/C=C\CCCCCCC(=O)NC(COP(=O)([O-])OCC[N+](C)(C)C)C(O)/C=C/CCCCCC. The van der Waals surface area contributed by atoms with Crippen molar-refractivity contribution in [2.75, 3.05) is 40.9 Å². The largest absolute Gasteiger partial charge is 0.756 e. The lowest BCUT2D eigenvalue weighted by atomic mass is 10.1. The molecule has 1 amide bonds. The molecule has 69 heavy (non-hydrogen) atoms. The summed E-state index contributed by atoms with van der Waals surface area (Å²) in [4.78, 5) is 25.2. The molecule has 3 atom stereocenters. The maximum atomic E-state index is 12.8. The molecule has 9 heteroatoms. The van der Waals surface area contributed by atoms with Crippen LogP contribution in [0.1, 0.15) is 162 Å². The maximum Gasteiger partial charge on any atom is 0.268 e. The van der Waals surface area contributed by atoms with Gasteiger partial charge in [0.2, 0.25) is 5.91 Å². The first kappa shape index (κ1) is 65.1. The number of amides is 1. The molecule has 0 spiro atoms. The van der Waals surface area contributed by atoms with Crippen LogP contribution in [0.15, 0.2) is 158 Å². The van der Waals surface area contributed by atoms with Crippen molar-refractivity contribution >= 4 is 13.7 Å². The minimum Gasteiger partial charge on any atom is -0.756 e. The van der Waals surface area contributed by atoms with Gasteiger partial charge in [0.25, 0.3) is 7.82 Å². The number of carbonyl (C=O) groups excluding carboxylic acids is 1. The van der Waals surface area contributed by atoms with Crippen molar-refractivity contribution in [3.05, 3.63) is 158 Å². The van der Waals surface area contributed by atoms with E-state index >= 15 is 0 Å². The zero-order chi connectivity index (χ0) is 50.6. The van der Waals surface area contributed by atoms with Crippen molar-refractivity contribution in [3.8, 4) is 0 Å². The second kappa shape index (κ2) is 49.1. The summed E-state index contributed by atoms with van der Waals surface area (Å²) in [6, 6.07) is -0.908. The number of rotatable bonds is 45. The van der Waals surface area contributed by atoms with E-state index in [0.29, 0.717) is 17.4 Å². The van der Waals surface area contributed by atoms with Gasteiger partial charge in [-0.15, -0.1) is 0 Å². The number of allylic oxidation sites excluding steroid dienone is 25. The van der Waals surface area contributed by atoms with Crippen molar-refractivity contribution in [1.29, 1.82) is 0 Å². The Hall–Kier alpha value is -3.88. The van der Waals surface area contributed by atoms with Crippen LogP contribution in [-0.2, 0) is 18.4 Å². The highest BCUT2D eigenvalue weighted by Crippen LogP contribution is 2.38. The van der Waals surface area contributed by atoms with E-state index in [0.717, 1.165) is 141 Å². The standard InChI is InChI=1S/C60H97N2O6P/c1-6-8-10-12-14-15-16-17-18-19-20-21-22-23-24-25-26-27-28-29-30-31-32-33-34-35-36-37-38-39-40-41-42-43-44-45-46-47-48-50-52-54-60(64)61-58(59(63)53-51-49-13-11-9-7-2)57-68-69(65,66)67-56-55-62(3,4)5/h8,10,14-15,17-18,20-21,23-24,26-27,29-30,32-33,35-36,38-39,41-42,44-45,51,53,58-59,63H,6-7,9,11-13,16,19,22,25,28,31,34,37,40,43,46-50,52,54-57H2,1-5H3,(H-,61,64,65,66)/b10-8-,15-14-,18-17-,21-20-,24-23-,27-26-,30-29-,33-32-,36-35-,39-38-,42-41-,45-44-,53-51+. The van der Waals surface area contributed by atoms with Crippen LogP contribution < -0.4 is 10.2 Å². The molecule has 0 aromatic heterocycles. The highest BCUT2D eigenvalue weighted by Gasteiger charge is 2.23. The summed E-state index contributed by atoms with van der Waals surface area (Å²) in [6.45, 7) is 4.38. The molecule has 0 rings (SSSR count). The van der Waals surface area contributed by atoms with E-state index in [1.54, 1.807) is 6.08 Å². The Kier molecular flexibility index (Phi) is 46.4. The minimum atomic E-state index is -4.60. The number of likely N-dealkylation sites (N-methyl/N-ethyl adjacent to an activating group) is 1. The third-order valence-electron chi connectivity index (χ3n) is 10.5. The van der Waals surface area contributed by atoms with Crippen LogP contribution in [0.2, 0.25) is 0 Å². The van der Waals surface area contributed by atoms with Crippen LogP contribution >= 0.6 is 7.82 Å². The van der Waals surface area contributed by atoms with E-state index in [2.05, 4.69) is 165 Å². The second-order valence-electron chi connectivity index (χ2n) is 18.1. The van der Waals surface area contributed by atoms with Gasteiger partial charge in [-0.25, -0.2) is 0 Å². The van der Waals surface area contributed by atoms with Crippen LogP contribution in [0.5, 0.6) is 0 Å². The smallest absolute Gasteiger partial charge is 0.268 e. The molecular formula is C60H97N2O6P. The molecule has 0 saturated heterocycles. The summed E-state index contributed by atoms with van der Waals surface area (Å²) >= 11 is 0. The molecule has 0 aliphatic heterocycles. The molecule has 0 fully saturated rings. The summed E-state index contributed by atoms with van der Waals surface area (Å²) in [5, 5.41) is 13.6. The number of phosphoric ester groups is 1. The highest BCUT2D eigenvalue weighted by molar-refractivity contribution is 7.45. The number of carbonyl (C=O) groups is 1. The van der Waals surface area contributed by atoms with Crippen LogP contribution in [0.4, 0.5) is 0 Å². The van der Waals surface area contributed by atoms with E-state index in [1.165, 1.54) is 0 Å². The fourth-order valence-electron chi connectivity index (χ4n) is 6.37. The average Bonchev–Trinajstić information content (AvgIpc) is 3.31. The zero-order valence-electron chi connectivity index (χ0n) is 43.9. The average molecular weight is 973 g/mol. The molecule has 0 aliphatic rings.